The second kappa shape index (κ2) is 7.27. The third-order valence-electron chi connectivity index (χ3n) is 4.42. The van der Waals surface area contributed by atoms with Crippen LogP contribution in [0.1, 0.15) is 41.6 Å². The summed E-state index contributed by atoms with van der Waals surface area (Å²) in [7, 11) is -3.67. The lowest BCUT2D eigenvalue weighted by Crippen LogP contribution is -2.32. The molecule has 132 valence electrons. The van der Waals surface area contributed by atoms with Crippen molar-refractivity contribution in [3.63, 3.8) is 0 Å². The Bertz CT molecular complexity index is 837. The summed E-state index contributed by atoms with van der Waals surface area (Å²) in [6.07, 6.45) is 4.32. The zero-order valence-electron chi connectivity index (χ0n) is 14.2. The van der Waals surface area contributed by atoms with Gasteiger partial charge in [0.05, 0.1) is 4.90 Å². The van der Waals surface area contributed by atoms with Gasteiger partial charge in [-0.2, -0.15) is 0 Å². The molecule has 2 aromatic carbocycles. The Morgan fingerprint density at radius 2 is 1.56 bits per heavy atom. The molecule has 25 heavy (non-hydrogen) atoms. The number of anilines is 1. The van der Waals surface area contributed by atoms with E-state index in [2.05, 4.69) is 10.0 Å². The van der Waals surface area contributed by atoms with Gasteiger partial charge < -0.3 is 5.32 Å². The molecule has 1 amide bonds. The Hall–Kier alpha value is -2.34. The first-order valence-electron chi connectivity index (χ1n) is 8.44. The zero-order chi connectivity index (χ0) is 17.9. The molecule has 6 heteroatoms. The van der Waals surface area contributed by atoms with E-state index in [9.17, 15) is 13.2 Å². The summed E-state index contributed by atoms with van der Waals surface area (Å²) in [5.41, 5.74) is 2.04. The molecule has 1 aliphatic carbocycles. The number of hydrogen-bond donors (Lipinski definition) is 2. The lowest BCUT2D eigenvalue weighted by atomic mass is 10.2. The molecule has 1 saturated carbocycles. The van der Waals surface area contributed by atoms with Gasteiger partial charge in [0, 0.05) is 17.3 Å². The minimum absolute atomic E-state index is 0.130. The Morgan fingerprint density at radius 1 is 0.960 bits per heavy atom. The molecule has 0 saturated heterocycles. The van der Waals surface area contributed by atoms with Gasteiger partial charge in [-0.05, 0) is 56.2 Å². The van der Waals surface area contributed by atoms with Crippen molar-refractivity contribution in [2.24, 2.45) is 0 Å². The number of amides is 1. The summed E-state index contributed by atoms with van der Waals surface area (Å²) in [6, 6.07) is 13.4. The monoisotopic (exact) mass is 358 g/mol. The molecule has 3 rings (SSSR count). The highest BCUT2D eigenvalue weighted by Crippen LogP contribution is 2.19. The van der Waals surface area contributed by atoms with E-state index in [-0.39, 0.29) is 16.8 Å². The van der Waals surface area contributed by atoms with E-state index in [4.69, 9.17) is 0 Å². The van der Waals surface area contributed by atoms with Crippen molar-refractivity contribution in [1.29, 1.82) is 0 Å². The number of nitrogens with one attached hydrogen (secondary N) is 2. The smallest absolute Gasteiger partial charge is 0.261 e. The minimum atomic E-state index is -3.67. The second-order valence-corrected chi connectivity index (χ2v) is 8.13. The van der Waals surface area contributed by atoms with Crippen molar-refractivity contribution in [2.45, 2.75) is 43.5 Å². The SMILES string of the molecule is Cc1ccc(NS(=O)(=O)c2ccc(C(=O)NC3CCCC3)cc2)cc1. The molecule has 0 heterocycles. The van der Waals surface area contributed by atoms with Crippen LogP contribution in [0.5, 0.6) is 0 Å². The predicted octanol–water partition coefficient (Wildman–Crippen LogP) is 3.47. The highest BCUT2D eigenvalue weighted by Gasteiger charge is 2.19. The number of sulfonamides is 1. The largest absolute Gasteiger partial charge is 0.349 e. The van der Waals surface area contributed by atoms with Gasteiger partial charge in [-0.25, -0.2) is 8.42 Å². The normalized spacial score (nSPS) is 15.1. The fourth-order valence-corrected chi connectivity index (χ4v) is 4.02. The third-order valence-corrected chi connectivity index (χ3v) is 5.82. The van der Waals surface area contributed by atoms with Crippen molar-refractivity contribution in [1.82, 2.24) is 5.32 Å². The summed E-state index contributed by atoms with van der Waals surface area (Å²) in [6.45, 7) is 1.94. The quantitative estimate of drug-likeness (QED) is 0.859. The predicted molar refractivity (Wildman–Crippen MR) is 98.2 cm³/mol. The van der Waals surface area contributed by atoms with E-state index in [1.54, 1.807) is 24.3 Å². The van der Waals surface area contributed by atoms with E-state index in [1.165, 1.54) is 12.1 Å². The van der Waals surface area contributed by atoms with Crippen LogP contribution in [-0.4, -0.2) is 20.4 Å². The van der Waals surface area contributed by atoms with Crippen LogP contribution < -0.4 is 10.0 Å². The number of rotatable bonds is 5. The summed E-state index contributed by atoms with van der Waals surface area (Å²) >= 11 is 0. The van der Waals surface area contributed by atoms with Crippen molar-refractivity contribution in [3.8, 4) is 0 Å². The van der Waals surface area contributed by atoms with Crippen molar-refractivity contribution in [3.05, 3.63) is 59.7 Å². The maximum Gasteiger partial charge on any atom is 0.261 e. The molecule has 1 fully saturated rings. The number of hydrogen-bond acceptors (Lipinski definition) is 3. The average Bonchev–Trinajstić information content (AvgIpc) is 3.10. The van der Waals surface area contributed by atoms with Crippen LogP contribution in [0.3, 0.4) is 0 Å². The van der Waals surface area contributed by atoms with E-state index >= 15 is 0 Å². The summed E-state index contributed by atoms with van der Waals surface area (Å²) < 4.78 is 27.4. The van der Waals surface area contributed by atoms with Crippen molar-refractivity contribution >= 4 is 21.6 Å². The first kappa shape index (κ1) is 17.5. The van der Waals surface area contributed by atoms with Crippen molar-refractivity contribution < 1.29 is 13.2 Å². The van der Waals surface area contributed by atoms with Crippen LogP contribution in [0.25, 0.3) is 0 Å². The second-order valence-electron chi connectivity index (χ2n) is 6.45. The first-order valence-corrected chi connectivity index (χ1v) is 9.93. The molecule has 1 aliphatic rings. The molecule has 5 nitrogen and oxygen atoms in total. The fraction of sp³-hybridized carbons (Fsp3) is 0.316. The van der Waals surface area contributed by atoms with Crippen LogP contribution >= 0.6 is 0 Å². The molecule has 2 aromatic rings. The van der Waals surface area contributed by atoms with Gasteiger partial charge in [0.1, 0.15) is 0 Å². The highest BCUT2D eigenvalue weighted by atomic mass is 32.2. The van der Waals surface area contributed by atoms with E-state index in [0.717, 1.165) is 31.2 Å². The third kappa shape index (κ3) is 4.39. The van der Waals surface area contributed by atoms with Gasteiger partial charge in [0.25, 0.3) is 15.9 Å². The van der Waals surface area contributed by atoms with Gasteiger partial charge >= 0.3 is 0 Å². The highest BCUT2D eigenvalue weighted by molar-refractivity contribution is 7.92. The van der Waals surface area contributed by atoms with Gasteiger partial charge in [0.15, 0.2) is 0 Å². The number of carbonyl (C=O) groups excluding carboxylic acids is 1. The Kier molecular flexibility index (Phi) is 5.08. The van der Waals surface area contributed by atoms with Crippen molar-refractivity contribution in [2.75, 3.05) is 4.72 Å². The minimum Gasteiger partial charge on any atom is -0.349 e. The molecule has 0 radical (unpaired) electrons. The standard InChI is InChI=1S/C19H22N2O3S/c1-14-6-10-17(11-7-14)21-25(23,24)18-12-8-15(9-13-18)19(22)20-16-4-2-3-5-16/h6-13,16,21H,2-5H2,1H3,(H,20,22). The topological polar surface area (TPSA) is 75.3 Å². The van der Waals surface area contributed by atoms with Crippen LogP contribution in [0.15, 0.2) is 53.4 Å². The molecule has 0 bridgehead atoms. The molecule has 0 unspecified atom stereocenters. The van der Waals surface area contributed by atoms with Gasteiger partial charge in [0.2, 0.25) is 0 Å². The van der Waals surface area contributed by atoms with Gasteiger partial charge in [-0.15, -0.1) is 0 Å². The molecule has 0 aliphatic heterocycles. The van der Waals surface area contributed by atoms with E-state index in [0.29, 0.717) is 11.3 Å². The lowest BCUT2D eigenvalue weighted by Gasteiger charge is -2.12. The van der Waals surface area contributed by atoms with Gasteiger partial charge in [-0.3, -0.25) is 9.52 Å². The molecule has 0 aromatic heterocycles. The van der Waals surface area contributed by atoms with Crippen LogP contribution in [-0.2, 0) is 10.0 Å². The Balaban J connectivity index is 1.69. The summed E-state index contributed by atoms with van der Waals surface area (Å²) in [5, 5.41) is 2.99. The summed E-state index contributed by atoms with van der Waals surface area (Å²) in [5.74, 6) is -0.151. The zero-order valence-corrected chi connectivity index (χ0v) is 15.0. The summed E-state index contributed by atoms with van der Waals surface area (Å²) in [4.78, 5) is 12.3. The maximum absolute atomic E-state index is 12.4. The maximum atomic E-state index is 12.4. The van der Waals surface area contributed by atoms with E-state index < -0.39 is 10.0 Å². The van der Waals surface area contributed by atoms with Crippen LogP contribution in [0, 0.1) is 6.92 Å². The average molecular weight is 358 g/mol. The van der Waals surface area contributed by atoms with E-state index in [1.807, 2.05) is 19.1 Å². The van der Waals surface area contributed by atoms with Crippen LogP contribution in [0.2, 0.25) is 0 Å². The molecule has 0 spiro atoms. The number of carbonyl (C=O) groups is 1. The Labute approximate surface area is 148 Å². The van der Waals surface area contributed by atoms with Gasteiger partial charge in [-0.1, -0.05) is 30.5 Å². The lowest BCUT2D eigenvalue weighted by molar-refractivity contribution is 0.0938. The number of aryl methyl sites for hydroxylation is 1. The fourth-order valence-electron chi connectivity index (χ4n) is 2.96. The molecular weight excluding hydrogens is 336 g/mol. The molecule has 2 N–H and O–H groups in total. The molecule has 0 atom stereocenters. The number of benzene rings is 2. The molecular formula is C19H22N2O3S. The first-order chi connectivity index (χ1) is 11.9. The Morgan fingerprint density at radius 3 is 2.16 bits per heavy atom. The van der Waals surface area contributed by atoms with Crippen LogP contribution in [0.4, 0.5) is 5.69 Å².